The Balaban J connectivity index is 2.28. The van der Waals surface area contributed by atoms with E-state index in [1.807, 2.05) is 30.3 Å². The molecule has 0 aliphatic heterocycles. The standard InChI is InChI=1S/C18H18O4/c1-11-15(20)14(17(22)18(2,3)16(11)21)13(19)10-9-12-7-5-4-6-8-12/h4-11,14H,1-3H3/b10-9+. The lowest BCUT2D eigenvalue weighted by Gasteiger charge is -2.33. The molecule has 0 spiro atoms. The maximum atomic E-state index is 12.4. The summed E-state index contributed by atoms with van der Waals surface area (Å²) in [5.41, 5.74) is -0.497. The van der Waals surface area contributed by atoms with Crippen LogP contribution in [0.15, 0.2) is 36.4 Å². The quantitative estimate of drug-likeness (QED) is 0.634. The van der Waals surface area contributed by atoms with Gasteiger partial charge in [0.25, 0.3) is 0 Å². The van der Waals surface area contributed by atoms with E-state index in [9.17, 15) is 19.2 Å². The minimum absolute atomic E-state index is 0.418. The lowest BCUT2D eigenvalue weighted by molar-refractivity contribution is -0.155. The molecule has 1 aromatic carbocycles. The normalized spacial score (nSPS) is 24.8. The summed E-state index contributed by atoms with van der Waals surface area (Å²) in [4.78, 5) is 48.9. The highest BCUT2D eigenvalue weighted by Gasteiger charge is 2.53. The molecular formula is C18H18O4. The summed E-state index contributed by atoms with van der Waals surface area (Å²) in [6.07, 6.45) is 2.81. The Morgan fingerprint density at radius 2 is 1.64 bits per heavy atom. The highest BCUT2D eigenvalue weighted by molar-refractivity contribution is 6.35. The molecule has 0 aromatic heterocycles. The van der Waals surface area contributed by atoms with Crippen LogP contribution < -0.4 is 0 Å². The average Bonchev–Trinajstić information content (AvgIpc) is 2.51. The van der Waals surface area contributed by atoms with Gasteiger partial charge in [-0.3, -0.25) is 19.2 Å². The van der Waals surface area contributed by atoms with Crippen LogP contribution in [0.5, 0.6) is 0 Å². The van der Waals surface area contributed by atoms with Crippen molar-refractivity contribution >= 4 is 29.2 Å². The van der Waals surface area contributed by atoms with Crippen molar-refractivity contribution in [2.24, 2.45) is 17.3 Å². The second kappa shape index (κ2) is 5.79. The van der Waals surface area contributed by atoms with Crippen LogP contribution in [0, 0.1) is 17.3 Å². The van der Waals surface area contributed by atoms with Gasteiger partial charge in [0.15, 0.2) is 23.1 Å². The van der Waals surface area contributed by atoms with Crippen LogP contribution in [-0.4, -0.2) is 23.1 Å². The number of Topliss-reactive ketones (excluding diaryl/α,β-unsaturated/α-hetero) is 3. The first-order valence-corrected chi connectivity index (χ1v) is 7.16. The molecule has 1 aromatic rings. The van der Waals surface area contributed by atoms with E-state index in [2.05, 4.69) is 0 Å². The zero-order chi connectivity index (χ0) is 16.5. The number of allylic oxidation sites excluding steroid dienone is 1. The molecule has 2 atom stereocenters. The molecule has 0 saturated heterocycles. The summed E-state index contributed by atoms with van der Waals surface area (Å²) in [5.74, 6) is -4.49. The third kappa shape index (κ3) is 2.69. The molecular weight excluding hydrogens is 280 g/mol. The molecule has 0 amide bonds. The molecule has 0 bridgehead atoms. The lowest BCUT2D eigenvalue weighted by atomic mass is 9.64. The van der Waals surface area contributed by atoms with Gasteiger partial charge in [-0.15, -0.1) is 0 Å². The van der Waals surface area contributed by atoms with Gasteiger partial charge in [0, 0.05) is 0 Å². The van der Waals surface area contributed by atoms with Crippen LogP contribution >= 0.6 is 0 Å². The molecule has 114 valence electrons. The van der Waals surface area contributed by atoms with E-state index < -0.39 is 40.4 Å². The summed E-state index contributed by atoms with van der Waals surface area (Å²) in [7, 11) is 0. The second-order valence-electron chi connectivity index (χ2n) is 6.06. The van der Waals surface area contributed by atoms with E-state index in [1.165, 1.54) is 26.8 Å². The number of hydrogen-bond acceptors (Lipinski definition) is 4. The fourth-order valence-electron chi connectivity index (χ4n) is 2.64. The SMILES string of the molecule is CC1C(=O)C(C(=O)/C=C/c2ccccc2)C(=O)C(C)(C)C1=O. The van der Waals surface area contributed by atoms with Crippen molar-refractivity contribution in [2.75, 3.05) is 0 Å². The molecule has 1 aliphatic rings. The summed E-state index contributed by atoms with van der Waals surface area (Å²) >= 11 is 0. The van der Waals surface area contributed by atoms with Crippen molar-refractivity contribution in [1.29, 1.82) is 0 Å². The predicted molar refractivity (Wildman–Crippen MR) is 81.9 cm³/mol. The average molecular weight is 298 g/mol. The number of ketones is 4. The van der Waals surface area contributed by atoms with Crippen LogP contribution in [0.4, 0.5) is 0 Å². The van der Waals surface area contributed by atoms with Crippen molar-refractivity contribution in [2.45, 2.75) is 20.8 Å². The van der Waals surface area contributed by atoms with E-state index >= 15 is 0 Å². The van der Waals surface area contributed by atoms with Gasteiger partial charge in [0.2, 0.25) is 0 Å². The van der Waals surface area contributed by atoms with Gasteiger partial charge < -0.3 is 0 Å². The zero-order valence-electron chi connectivity index (χ0n) is 12.8. The van der Waals surface area contributed by atoms with Gasteiger partial charge >= 0.3 is 0 Å². The highest BCUT2D eigenvalue weighted by atomic mass is 16.2. The molecule has 1 fully saturated rings. The number of rotatable bonds is 3. The molecule has 1 aliphatic carbocycles. The fourth-order valence-corrected chi connectivity index (χ4v) is 2.64. The first kappa shape index (κ1) is 16.0. The number of carbonyl (C=O) groups is 4. The Kier molecular flexibility index (Phi) is 4.22. The minimum Gasteiger partial charge on any atom is -0.298 e. The van der Waals surface area contributed by atoms with Gasteiger partial charge in [-0.2, -0.15) is 0 Å². The topological polar surface area (TPSA) is 68.3 Å². The smallest absolute Gasteiger partial charge is 0.173 e. The van der Waals surface area contributed by atoms with Crippen molar-refractivity contribution < 1.29 is 19.2 Å². The molecule has 2 unspecified atom stereocenters. The van der Waals surface area contributed by atoms with Crippen LogP contribution in [0.25, 0.3) is 6.08 Å². The molecule has 0 heterocycles. The molecule has 22 heavy (non-hydrogen) atoms. The zero-order valence-corrected chi connectivity index (χ0v) is 12.8. The Hall–Kier alpha value is -2.36. The largest absolute Gasteiger partial charge is 0.298 e. The van der Waals surface area contributed by atoms with Gasteiger partial charge in [-0.25, -0.2) is 0 Å². The Labute approximate surface area is 129 Å². The van der Waals surface area contributed by atoms with Crippen molar-refractivity contribution in [3.63, 3.8) is 0 Å². The Morgan fingerprint density at radius 1 is 1.05 bits per heavy atom. The van der Waals surface area contributed by atoms with E-state index in [0.29, 0.717) is 0 Å². The maximum absolute atomic E-state index is 12.4. The van der Waals surface area contributed by atoms with Crippen molar-refractivity contribution in [1.82, 2.24) is 0 Å². The van der Waals surface area contributed by atoms with E-state index in [1.54, 1.807) is 6.08 Å². The van der Waals surface area contributed by atoms with Crippen LogP contribution in [-0.2, 0) is 19.2 Å². The van der Waals surface area contributed by atoms with Gasteiger partial charge in [-0.05, 0) is 32.4 Å². The van der Waals surface area contributed by atoms with E-state index in [0.717, 1.165) is 5.56 Å². The van der Waals surface area contributed by atoms with Gasteiger partial charge in [0.05, 0.1) is 11.3 Å². The maximum Gasteiger partial charge on any atom is 0.173 e. The molecule has 1 saturated carbocycles. The van der Waals surface area contributed by atoms with E-state index in [-0.39, 0.29) is 0 Å². The second-order valence-corrected chi connectivity index (χ2v) is 6.06. The van der Waals surface area contributed by atoms with E-state index in [4.69, 9.17) is 0 Å². The molecule has 2 rings (SSSR count). The third-order valence-electron chi connectivity index (χ3n) is 4.12. The summed E-state index contributed by atoms with van der Waals surface area (Å²) in [6.45, 7) is 4.41. The Morgan fingerprint density at radius 3 is 2.23 bits per heavy atom. The van der Waals surface area contributed by atoms with Crippen molar-refractivity contribution in [3.8, 4) is 0 Å². The number of carbonyl (C=O) groups excluding carboxylic acids is 4. The summed E-state index contributed by atoms with van der Waals surface area (Å²) < 4.78 is 0. The summed E-state index contributed by atoms with van der Waals surface area (Å²) in [5, 5.41) is 0. The first-order chi connectivity index (χ1) is 10.3. The molecule has 4 nitrogen and oxygen atoms in total. The van der Waals surface area contributed by atoms with Crippen LogP contribution in [0.3, 0.4) is 0 Å². The van der Waals surface area contributed by atoms with Gasteiger partial charge in [-0.1, -0.05) is 36.4 Å². The molecule has 0 N–H and O–H groups in total. The van der Waals surface area contributed by atoms with Gasteiger partial charge in [0.1, 0.15) is 5.92 Å². The fraction of sp³-hybridized carbons (Fsp3) is 0.333. The van der Waals surface area contributed by atoms with Crippen LogP contribution in [0.1, 0.15) is 26.3 Å². The number of benzene rings is 1. The first-order valence-electron chi connectivity index (χ1n) is 7.16. The number of hydrogen-bond donors (Lipinski definition) is 0. The summed E-state index contributed by atoms with van der Waals surface area (Å²) in [6, 6.07) is 9.12. The minimum atomic E-state index is -1.37. The third-order valence-corrected chi connectivity index (χ3v) is 4.12. The van der Waals surface area contributed by atoms with Crippen molar-refractivity contribution in [3.05, 3.63) is 42.0 Å². The highest BCUT2D eigenvalue weighted by Crippen LogP contribution is 2.34. The molecule has 4 heteroatoms. The lowest BCUT2D eigenvalue weighted by Crippen LogP contribution is -2.54. The predicted octanol–water partition coefficient (Wildman–Crippen LogP) is 2.27. The Bertz CT molecular complexity index is 668. The monoisotopic (exact) mass is 298 g/mol. The molecule has 0 radical (unpaired) electrons. The van der Waals surface area contributed by atoms with Crippen LogP contribution in [0.2, 0.25) is 0 Å².